The van der Waals surface area contributed by atoms with Crippen LogP contribution in [0.15, 0.2) is 23.1 Å². The van der Waals surface area contributed by atoms with Gasteiger partial charge in [-0.15, -0.1) is 0 Å². The number of carboxylic acids is 1. The van der Waals surface area contributed by atoms with Gasteiger partial charge in [-0.3, -0.25) is 29.1 Å². The van der Waals surface area contributed by atoms with Gasteiger partial charge in [0.1, 0.15) is 6.54 Å². The first kappa shape index (κ1) is 17.6. The van der Waals surface area contributed by atoms with Crippen LogP contribution in [0, 0.1) is 16.0 Å². The lowest BCUT2D eigenvalue weighted by atomic mass is 9.74. The van der Waals surface area contributed by atoms with Gasteiger partial charge in [-0.05, 0) is 19.8 Å². The van der Waals surface area contributed by atoms with Gasteiger partial charge in [0.05, 0.1) is 22.6 Å². The van der Waals surface area contributed by atoms with Crippen LogP contribution in [0.2, 0.25) is 0 Å². The Balaban J connectivity index is 2.15. The van der Waals surface area contributed by atoms with Crippen molar-refractivity contribution in [2.45, 2.75) is 44.7 Å². The molecule has 2 unspecified atom stereocenters. The number of carbonyl (C=O) groups is 2. The minimum absolute atomic E-state index is 0.297. The van der Waals surface area contributed by atoms with E-state index in [1.807, 2.05) is 0 Å². The van der Waals surface area contributed by atoms with Gasteiger partial charge in [0.25, 0.3) is 11.2 Å². The number of nitro groups is 1. The maximum atomic E-state index is 12.3. The third kappa shape index (κ3) is 3.79. The molecule has 1 aromatic heterocycles. The number of aliphatic carboxylic acids is 1. The first-order valence-corrected chi connectivity index (χ1v) is 7.61. The molecule has 9 nitrogen and oxygen atoms in total. The summed E-state index contributed by atoms with van der Waals surface area (Å²) in [6.45, 7) is 1.28. The van der Waals surface area contributed by atoms with Crippen molar-refractivity contribution in [3.8, 4) is 0 Å². The predicted octanol–water partition coefficient (Wildman–Crippen LogP) is 0.906. The van der Waals surface area contributed by atoms with Crippen molar-refractivity contribution >= 4 is 17.6 Å². The van der Waals surface area contributed by atoms with Crippen LogP contribution in [0.4, 0.5) is 5.69 Å². The molecule has 2 N–H and O–H groups in total. The molecule has 0 aromatic carbocycles. The Morgan fingerprint density at radius 1 is 1.46 bits per heavy atom. The molecule has 0 radical (unpaired) electrons. The molecule has 1 fully saturated rings. The van der Waals surface area contributed by atoms with E-state index >= 15 is 0 Å². The van der Waals surface area contributed by atoms with Crippen LogP contribution in [0.25, 0.3) is 0 Å². The van der Waals surface area contributed by atoms with Gasteiger partial charge in [0.2, 0.25) is 5.91 Å². The fourth-order valence-electron chi connectivity index (χ4n) is 3.14. The number of amides is 1. The summed E-state index contributed by atoms with van der Waals surface area (Å²) in [6, 6.07) is 2.09. The standard InChI is InChI=1S/C15H19N3O6/c1-15(7-3-2-4-11(15)14(21)22)16-12(19)9-17-8-10(18(23)24)5-6-13(17)20/h5-6,8,11H,2-4,7,9H2,1H3,(H,16,19)(H,21,22). The quantitative estimate of drug-likeness (QED) is 0.606. The molecule has 1 saturated carbocycles. The molecule has 1 aromatic rings. The highest BCUT2D eigenvalue weighted by Crippen LogP contribution is 2.33. The molecule has 2 atom stereocenters. The number of pyridine rings is 1. The number of hydrogen-bond acceptors (Lipinski definition) is 5. The van der Waals surface area contributed by atoms with Crippen molar-refractivity contribution < 1.29 is 19.6 Å². The molecular formula is C15H19N3O6. The second-order valence-electron chi connectivity index (χ2n) is 6.21. The Hall–Kier alpha value is -2.71. The lowest BCUT2D eigenvalue weighted by Gasteiger charge is -2.39. The Morgan fingerprint density at radius 2 is 2.17 bits per heavy atom. The van der Waals surface area contributed by atoms with Crippen molar-refractivity contribution in [1.82, 2.24) is 9.88 Å². The largest absolute Gasteiger partial charge is 0.481 e. The minimum Gasteiger partial charge on any atom is -0.481 e. The van der Waals surface area contributed by atoms with Gasteiger partial charge in [0, 0.05) is 12.1 Å². The van der Waals surface area contributed by atoms with E-state index in [2.05, 4.69) is 5.32 Å². The summed E-state index contributed by atoms with van der Waals surface area (Å²) in [5.41, 5.74) is -1.74. The Morgan fingerprint density at radius 3 is 2.79 bits per heavy atom. The van der Waals surface area contributed by atoms with Crippen molar-refractivity contribution in [1.29, 1.82) is 0 Å². The van der Waals surface area contributed by atoms with Crippen molar-refractivity contribution in [2.24, 2.45) is 5.92 Å². The van der Waals surface area contributed by atoms with Crippen LogP contribution < -0.4 is 10.9 Å². The summed E-state index contributed by atoms with van der Waals surface area (Å²) in [5, 5.41) is 22.8. The van der Waals surface area contributed by atoms with Crippen molar-refractivity contribution in [3.05, 3.63) is 38.8 Å². The lowest BCUT2D eigenvalue weighted by Crippen LogP contribution is -2.56. The number of carbonyl (C=O) groups excluding carboxylic acids is 1. The van der Waals surface area contributed by atoms with Crippen LogP contribution in [0.5, 0.6) is 0 Å². The topological polar surface area (TPSA) is 132 Å². The van der Waals surface area contributed by atoms with Gasteiger partial charge < -0.3 is 10.4 Å². The van der Waals surface area contributed by atoms with E-state index in [0.29, 0.717) is 12.8 Å². The predicted molar refractivity (Wildman–Crippen MR) is 83.5 cm³/mol. The van der Waals surface area contributed by atoms with E-state index in [1.165, 1.54) is 0 Å². The third-order valence-corrected chi connectivity index (χ3v) is 4.42. The third-order valence-electron chi connectivity index (χ3n) is 4.42. The Bertz CT molecular complexity index is 728. The number of hydrogen-bond donors (Lipinski definition) is 2. The highest BCUT2D eigenvalue weighted by Gasteiger charge is 2.42. The van der Waals surface area contributed by atoms with E-state index in [0.717, 1.165) is 35.7 Å². The van der Waals surface area contributed by atoms with E-state index in [9.17, 15) is 29.6 Å². The molecule has 0 bridgehead atoms. The summed E-state index contributed by atoms with van der Waals surface area (Å²) < 4.78 is 0.940. The highest BCUT2D eigenvalue weighted by molar-refractivity contribution is 5.79. The molecule has 0 aliphatic heterocycles. The number of aromatic nitrogens is 1. The van der Waals surface area contributed by atoms with Crippen LogP contribution in [0.3, 0.4) is 0 Å². The molecule has 130 valence electrons. The van der Waals surface area contributed by atoms with Crippen molar-refractivity contribution in [3.63, 3.8) is 0 Å². The molecule has 1 heterocycles. The second kappa shape index (κ2) is 6.81. The first-order chi connectivity index (χ1) is 11.2. The zero-order valence-corrected chi connectivity index (χ0v) is 13.2. The smallest absolute Gasteiger partial charge is 0.308 e. The van der Waals surface area contributed by atoms with Crippen LogP contribution >= 0.6 is 0 Å². The molecule has 1 aliphatic carbocycles. The van der Waals surface area contributed by atoms with Gasteiger partial charge in [-0.2, -0.15) is 0 Å². The zero-order valence-electron chi connectivity index (χ0n) is 13.2. The summed E-state index contributed by atoms with van der Waals surface area (Å²) in [5.74, 6) is -2.21. The molecule has 2 rings (SSSR count). The monoisotopic (exact) mass is 337 g/mol. The van der Waals surface area contributed by atoms with E-state index in [4.69, 9.17) is 0 Å². The highest BCUT2D eigenvalue weighted by atomic mass is 16.6. The second-order valence-corrected chi connectivity index (χ2v) is 6.21. The van der Waals surface area contributed by atoms with E-state index < -0.39 is 40.4 Å². The Labute approximate surface area is 137 Å². The molecule has 0 spiro atoms. The fourth-order valence-corrected chi connectivity index (χ4v) is 3.14. The van der Waals surface area contributed by atoms with Gasteiger partial charge >= 0.3 is 5.97 Å². The Kier molecular flexibility index (Phi) is 5.01. The molecular weight excluding hydrogens is 318 g/mol. The maximum absolute atomic E-state index is 12.3. The lowest BCUT2D eigenvalue weighted by molar-refractivity contribution is -0.385. The number of nitrogens with zero attached hydrogens (tertiary/aromatic N) is 2. The summed E-state index contributed by atoms with van der Waals surface area (Å²) in [6.07, 6.45) is 3.59. The molecule has 0 saturated heterocycles. The SMILES string of the molecule is CC1(NC(=O)Cn2cc([N+](=O)[O-])ccc2=O)CCCCC1C(=O)O. The molecule has 1 amide bonds. The van der Waals surface area contributed by atoms with Gasteiger partial charge in [0.15, 0.2) is 0 Å². The van der Waals surface area contributed by atoms with Gasteiger partial charge in [-0.1, -0.05) is 12.8 Å². The summed E-state index contributed by atoms with van der Waals surface area (Å²) >= 11 is 0. The van der Waals surface area contributed by atoms with Crippen molar-refractivity contribution in [2.75, 3.05) is 0 Å². The van der Waals surface area contributed by atoms with E-state index in [1.54, 1.807) is 6.92 Å². The van der Waals surface area contributed by atoms with Gasteiger partial charge in [-0.25, -0.2) is 0 Å². The maximum Gasteiger partial charge on any atom is 0.308 e. The van der Waals surface area contributed by atoms with Crippen LogP contribution in [0.1, 0.15) is 32.6 Å². The summed E-state index contributed by atoms with van der Waals surface area (Å²) in [4.78, 5) is 45.5. The normalized spacial score (nSPS) is 23.5. The summed E-state index contributed by atoms with van der Waals surface area (Å²) in [7, 11) is 0. The average molecular weight is 337 g/mol. The van der Waals surface area contributed by atoms with E-state index in [-0.39, 0.29) is 5.69 Å². The zero-order chi connectivity index (χ0) is 17.9. The molecule has 9 heteroatoms. The number of carboxylic acid groups (broad SMARTS) is 1. The van der Waals surface area contributed by atoms with Crippen LogP contribution in [-0.2, 0) is 16.1 Å². The average Bonchev–Trinajstić information content (AvgIpc) is 2.48. The molecule has 24 heavy (non-hydrogen) atoms. The molecule has 1 aliphatic rings. The fraction of sp³-hybridized carbons (Fsp3) is 0.533. The first-order valence-electron chi connectivity index (χ1n) is 7.61. The van der Waals surface area contributed by atoms with Crippen LogP contribution in [-0.4, -0.2) is 32.0 Å². The minimum atomic E-state index is -0.968. The number of nitrogens with one attached hydrogen (secondary N) is 1. The number of rotatable bonds is 5.